The minimum atomic E-state index is 0.213. The number of carbonyl (C=O) groups excluding carboxylic acids is 1. The Kier molecular flexibility index (Phi) is 5.50. The van der Waals surface area contributed by atoms with Gasteiger partial charge in [0.15, 0.2) is 5.16 Å². The molecule has 2 aliphatic heterocycles. The van der Waals surface area contributed by atoms with Gasteiger partial charge in [0.05, 0.1) is 6.54 Å². The average molecular weight is 386 g/mol. The van der Waals surface area contributed by atoms with Gasteiger partial charge in [-0.3, -0.25) is 9.69 Å². The molecule has 0 aliphatic carbocycles. The van der Waals surface area contributed by atoms with E-state index in [0.717, 1.165) is 62.0 Å². The first-order chi connectivity index (χ1) is 13.2. The Morgan fingerprint density at radius 2 is 2.07 bits per heavy atom. The molecule has 0 N–H and O–H groups in total. The third kappa shape index (κ3) is 3.75. The topological polar surface area (TPSA) is 54.3 Å². The van der Waals surface area contributed by atoms with E-state index in [1.807, 2.05) is 24.3 Å². The van der Waals surface area contributed by atoms with E-state index in [1.54, 1.807) is 11.8 Å². The Morgan fingerprint density at radius 1 is 1.22 bits per heavy atom. The maximum absolute atomic E-state index is 13.0. The van der Waals surface area contributed by atoms with Gasteiger partial charge >= 0.3 is 0 Å². The van der Waals surface area contributed by atoms with E-state index < -0.39 is 0 Å². The number of aryl methyl sites for hydroxylation is 1. The monoisotopic (exact) mass is 385 g/mol. The summed E-state index contributed by atoms with van der Waals surface area (Å²) in [4.78, 5) is 17.3. The molecule has 0 radical (unpaired) electrons. The Labute approximate surface area is 164 Å². The number of hydrogen-bond donors (Lipinski definition) is 0. The fraction of sp³-hybridized carbons (Fsp3) is 0.550. The Balaban J connectivity index is 1.44. The van der Waals surface area contributed by atoms with E-state index in [1.165, 1.54) is 5.56 Å². The number of benzene rings is 1. The third-order valence-electron chi connectivity index (χ3n) is 5.69. The van der Waals surface area contributed by atoms with Gasteiger partial charge in [-0.25, -0.2) is 0 Å². The second kappa shape index (κ2) is 8.02. The van der Waals surface area contributed by atoms with Crippen molar-refractivity contribution < 1.29 is 4.79 Å². The predicted molar refractivity (Wildman–Crippen MR) is 108 cm³/mol. The standard InChI is InChI=1S/C20H27N5OS/c1-23-19(21-22-20(23)27-2)16-9-5-11-24(13-16)14-18(26)25-12-6-8-15-7-3-4-10-17(15)25/h3-4,7,10,16H,5-6,8-9,11-14H2,1-2H3. The molecule has 1 atom stereocenters. The zero-order chi connectivity index (χ0) is 18.8. The Morgan fingerprint density at radius 3 is 2.89 bits per heavy atom. The maximum Gasteiger partial charge on any atom is 0.241 e. The largest absolute Gasteiger partial charge is 0.311 e. The lowest BCUT2D eigenvalue weighted by Crippen LogP contribution is -2.45. The Hall–Kier alpha value is -1.86. The quantitative estimate of drug-likeness (QED) is 0.758. The first-order valence-electron chi connectivity index (χ1n) is 9.71. The van der Waals surface area contributed by atoms with Crippen molar-refractivity contribution in [1.82, 2.24) is 19.7 Å². The van der Waals surface area contributed by atoms with E-state index in [4.69, 9.17) is 0 Å². The lowest BCUT2D eigenvalue weighted by molar-refractivity contribution is -0.120. The van der Waals surface area contributed by atoms with Gasteiger partial charge in [0.1, 0.15) is 5.82 Å². The molecule has 2 aromatic rings. The van der Waals surface area contributed by atoms with E-state index >= 15 is 0 Å². The minimum absolute atomic E-state index is 0.213. The van der Waals surface area contributed by atoms with E-state index in [-0.39, 0.29) is 5.91 Å². The number of para-hydroxylation sites is 1. The SMILES string of the molecule is CSc1nnc(C2CCCN(CC(=O)N3CCCc4ccccc43)C2)n1C. The summed E-state index contributed by atoms with van der Waals surface area (Å²) < 4.78 is 2.10. The molecule has 0 saturated carbocycles. The number of fused-ring (bicyclic) bond motifs is 1. The molecular formula is C20H27N5OS. The fourth-order valence-corrected chi connectivity index (χ4v) is 4.83. The highest BCUT2D eigenvalue weighted by molar-refractivity contribution is 7.98. The van der Waals surface area contributed by atoms with Gasteiger partial charge in [0.25, 0.3) is 0 Å². The van der Waals surface area contributed by atoms with Crippen LogP contribution in [0.15, 0.2) is 29.4 Å². The summed E-state index contributed by atoms with van der Waals surface area (Å²) >= 11 is 1.62. The first kappa shape index (κ1) is 18.5. The molecule has 1 amide bonds. The van der Waals surface area contributed by atoms with E-state index in [0.29, 0.717) is 12.5 Å². The number of aromatic nitrogens is 3. The molecule has 1 unspecified atom stereocenters. The van der Waals surface area contributed by atoms with Gasteiger partial charge in [-0.1, -0.05) is 30.0 Å². The zero-order valence-electron chi connectivity index (χ0n) is 16.1. The summed E-state index contributed by atoms with van der Waals surface area (Å²) in [5.74, 6) is 1.60. The molecule has 27 heavy (non-hydrogen) atoms. The van der Waals surface area contributed by atoms with Crippen molar-refractivity contribution in [1.29, 1.82) is 0 Å². The van der Waals surface area contributed by atoms with Crippen molar-refractivity contribution in [3.05, 3.63) is 35.7 Å². The average Bonchev–Trinajstić information content (AvgIpc) is 3.08. The molecule has 1 saturated heterocycles. The molecule has 1 aromatic carbocycles. The van der Waals surface area contributed by atoms with Crippen LogP contribution in [0.25, 0.3) is 0 Å². The van der Waals surface area contributed by atoms with Crippen LogP contribution in [0.1, 0.15) is 36.6 Å². The molecule has 7 heteroatoms. The lowest BCUT2D eigenvalue weighted by atomic mass is 9.97. The molecule has 2 aliphatic rings. The van der Waals surface area contributed by atoms with E-state index in [9.17, 15) is 4.79 Å². The van der Waals surface area contributed by atoms with Crippen molar-refractivity contribution in [2.45, 2.75) is 36.8 Å². The minimum Gasteiger partial charge on any atom is -0.311 e. The summed E-state index contributed by atoms with van der Waals surface area (Å²) in [5.41, 5.74) is 2.39. The van der Waals surface area contributed by atoms with Crippen LogP contribution in [0, 0.1) is 0 Å². The highest BCUT2D eigenvalue weighted by Crippen LogP contribution is 2.29. The fourth-order valence-electron chi connectivity index (χ4n) is 4.34. The molecule has 144 valence electrons. The summed E-state index contributed by atoms with van der Waals surface area (Å²) in [6.07, 6.45) is 6.33. The molecule has 1 fully saturated rings. The van der Waals surface area contributed by atoms with Gasteiger partial charge in [0, 0.05) is 31.7 Å². The van der Waals surface area contributed by atoms with Crippen molar-refractivity contribution in [3.63, 3.8) is 0 Å². The summed E-state index contributed by atoms with van der Waals surface area (Å²) in [5, 5.41) is 9.64. The van der Waals surface area contributed by atoms with Gasteiger partial charge in [0.2, 0.25) is 5.91 Å². The number of amides is 1. The molecular weight excluding hydrogens is 358 g/mol. The van der Waals surface area contributed by atoms with Crippen LogP contribution >= 0.6 is 11.8 Å². The highest BCUT2D eigenvalue weighted by Gasteiger charge is 2.29. The molecule has 0 spiro atoms. The van der Waals surface area contributed by atoms with Crippen LogP contribution in [0.4, 0.5) is 5.69 Å². The van der Waals surface area contributed by atoms with Crippen molar-refractivity contribution >= 4 is 23.4 Å². The zero-order valence-corrected chi connectivity index (χ0v) is 16.9. The van der Waals surface area contributed by atoms with Crippen molar-refractivity contribution in [2.24, 2.45) is 7.05 Å². The second-order valence-electron chi connectivity index (χ2n) is 7.46. The van der Waals surface area contributed by atoms with Crippen LogP contribution in [-0.4, -0.2) is 58.0 Å². The van der Waals surface area contributed by atoms with Crippen LogP contribution in [-0.2, 0) is 18.3 Å². The smallest absolute Gasteiger partial charge is 0.241 e. The number of rotatable bonds is 4. The summed E-state index contributed by atoms with van der Waals surface area (Å²) in [6, 6.07) is 8.31. The van der Waals surface area contributed by atoms with Crippen molar-refractivity contribution in [2.75, 3.05) is 37.3 Å². The van der Waals surface area contributed by atoms with Crippen LogP contribution in [0.5, 0.6) is 0 Å². The number of likely N-dealkylation sites (tertiary alicyclic amines) is 1. The predicted octanol–water partition coefficient (Wildman–Crippen LogP) is 2.70. The molecule has 3 heterocycles. The number of piperidine rings is 1. The van der Waals surface area contributed by atoms with Crippen LogP contribution in [0.3, 0.4) is 0 Å². The number of anilines is 1. The molecule has 1 aromatic heterocycles. The van der Waals surface area contributed by atoms with Crippen molar-refractivity contribution in [3.8, 4) is 0 Å². The first-order valence-corrected chi connectivity index (χ1v) is 10.9. The van der Waals surface area contributed by atoms with Gasteiger partial charge in [-0.2, -0.15) is 0 Å². The van der Waals surface area contributed by atoms with Gasteiger partial charge in [-0.15, -0.1) is 10.2 Å². The Bertz CT molecular complexity index is 820. The number of nitrogens with zero attached hydrogens (tertiary/aromatic N) is 5. The van der Waals surface area contributed by atoms with Crippen LogP contribution < -0.4 is 4.90 Å². The maximum atomic E-state index is 13.0. The van der Waals surface area contributed by atoms with Crippen LogP contribution in [0.2, 0.25) is 0 Å². The van der Waals surface area contributed by atoms with Gasteiger partial charge < -0.3 is 9.47 Å². The molecule has 4 rings (SSSR count). The second-order valence-corrected chi connectivity index (χ2v) is 8.23. The highest BCUT2D eigenvalue weighted by atomic mass is 32.2. The molecule has 0 bridgehead atoms. The van der Waals surface area contributed by atoms with Gasteiger partial charge in [-0.05, 0) is 50.1 Å². The van der Waals surface area contributed by atoms with E-state index in [2.05, 4.69) is 37.9 Å². The number of hydrogen-bond acceptors (Lipinski definition) is 5. The number of thioether (sulfide) groups is 1. The normalized spacial score (nSPS) is 20.5. The summed E-state index contributed by atoms with van der Waals surface area (Å²) in [7, 11) is 2.04. The number of carbonyl (C=O) groups is 1. The third-order valence-corrected chi connectivity index (χ3v) is 6.41. The molecule has 6 nitrogen and oxygen atoms in total. The lowest BCUT2D eigenvalue weighted by Gasteiger charge is -2.35. The summed E-state index contributed by atoms with van der Waals surface area (Å²) in [6.45, 7) is 3.16.